The predicted octanol–water partition coefficient (Wildman–Crippen LogP) is 0.923. The number of carbonyl (C=O) groups excluding carboxylic acids is 1. The minimum absolute atomic E-state index is 0.0834. The molecule has 0 aromatic carbocycles. The molecule has 2 N–H and O–H groups in total. The third-order valence-electron chi connectivity index (χ3n) is 3.54. The fourth-order valence-electron chi connectivity index (χ4n) is 2.31. The molecule has 1 aliphatic heterocycles. The number of piperidine rings is 1. The lowest BCUT2D eigenvalue weighted by atomic mass is 10.1. The van der Waals surface area contributed by atoms with Crippen molar-refractivity contribution in [1.82, 2.24) is 9.88 Å². The van der Waals surface area contributed by atoms with E-state index in [1.54, 1.807) is 17.0 Å². The number of nitriles is 1. The van der Waals surface area contributed by atoms with Crippen LogP contribution in [0.5, 0.6) is 0 Å². The number of rotatable bonds is 5. The zero-order valence-electron chi connectivity index (χ0n) is 12.0. The number of carbonyl (C=O) groups is 1. The summed E-state index contributed by atoms with van der Waals surface area (Å²) in [6.07, 6.45) is 4.19. The first kappa shape index (κ1) is 15.4. The molecule has 6 heteroatoms. The fourth-order valence-corrected chi connectivity index (χ4v) is 2.31. The van der Waals surface area contributed by atoms with Gasteiger partial charge in [-0.25, -0.2) is 4.98 Å². The van der Waals surface area contributed by atoms with Crippen LogP contribution in [0, 0.1) is 11.3 Å². The molecule has 0 atom stereocenters. The van der Waals surface area contributed by atoms with E-state index in [1.807, 2.05) is 6.07 Å². The van der Waals surface area contributed by atoms with Crippen molar-refractivity contribution in [3.8, 4) is 6.07 Å². The van der Waals surface area contributed by atoms with Gasteiger partial charge in [-0.1, -0.05) is 0 Å². The van der Waals surface area contributed by atoms with Gasteiger partial charge in [-0.15, -0.1) is 0 Å². The van der Waals surface area contributed by atoms with Crippen LogP contribution in [0.1, 0.15) is 35.3 Å². The number of nitrogens with zero attached hydrogens (tertiary/aromatic N) is 3. The fraction of sp³-hybridized carbons (Fsp3) is 0.533. The molecule has 0 aliphatic carbocycles. The van der Waals surface area contributed by atoms with Gasteiger partial charge in [0.05, 0.1) is 11.7 Å². The van der Waals surface area contributed by atoms with E-state index in [2.05, 4.69) is 4.98 Å². The Morgan fingerprint density at radius 2 is 2.24 bits per heavy atom. The van der Waals surface area contributed by atoms with Crippen LogP contribution < -0.4 is 5.73 Å². The summed E-state index contributed by atoms with van der Waals surface area (Å²) >= 11 is 0. The van der Waals surface area contributed by atoms with Gasteiger partial charge >= 0.3 is 0 Å². The van der Waals surface area contributed by atoms with Gasteiger partial charge in [-0.2, -0.15) is 5.26 Å². The lowest BCUT2D eigenvalue weighted by molar-refractivity contribution is 0.00829. The number of hydrogen-bond acceptors (Lipinski definition) is 5. The highest BCUT2D eigenvalue weighted by Crippen LogP contribution is 2.16. The van der Waals surface area contributed by atoms with Gasteiger partial charge in [-0.3, -0.25) is 4.79 Å². The highest BCUT2D eigenvalue weighted by atomic mass is 16.5. The van der Waals surface area contributed by atoms with Crippen molar-refractivity contribution in [2.75, 3.05) is 26.2 Å². The largest absolute Gasteiger partial charge is 0.378 e. The first-order valence-corrected chi connectivity index (χ1v) is 7.21. The predicted molar refractivity (Wildman–Crippen MR) is 77.5 cm³/mol. The molecule has 1 fully saturated rings. The SMILES string of the molecule is N#Cc1ccc(C(=O)N2CCC(OCCCN)CC2)nc1. The van der Waals surface area contributed by atoms with Gasteiger partial charge in [0.2, 0.25) is 0 Å². The molecule has 1 aromatic heterocycles. The van der Waals surface area contributed by atoms with Crippen molar-refractivity contribution < 1.29 is 9.53 Å². The molecule has 112 valence electrons. The van der Waals surface area contributed by atoms with Gasteiger partial charge in [0.1, 0.15) is 11.8 Å². The summed E-state index contributed by atoms with van der Waals surface area (Å²) in [6, 6.07) is 5.21. The second kappa shape index (κ2) is 7.72. The van der Waals surface area contributed by atoms with Crippen molar-refractivity contribution in [3.05, 3.63) is 29.6 Å². The third-order valence-corrected chi connectivity index (χ3v) is 3.54. The molecule has 21 heavy (non-hydrogen) atoms. The second-order valence-corrected chi connectivity index (χ2v) is 5.05. The van der Waals surface area contributed by atoms with E-state index >= 15 is 0 Å². The number of nitrogens with two attached hydrogens (primary N) is 1. The first-order chi connectivity index (χ1) is 10.2. The maximum atomic E-state index is 12.3. The van der Waals surface area contributed by atoms with Crippen LogP contribution in [0.2, 0.25) is 0 Å². The number of ether oxygens (including phenoxy) is 1. The highest BCUT2D eigenvalue weighted by Gasteiger charge is 2.24. The molecule has 2 rings (SSSR count). The number of pyridine rings is 1. The van der Waals surface area contributed by atoms with Crippen molar-refractivity contribution in [2.45, 2.75) is 25.4 Å². The van der Waals surface area contributed by atoms with E-state index in [0.717, 1.165) is 19.3 Å². The summed E-state index contributed by atoms with van der Waals surface area (Å²) < 4.78 is 5.72. The summed E-state index contributed by atoms with van der Waals surface area (Å²) in [6.45, 7) is 2.68. The van der Waals surface area contributed by atoms with E-state index in [4.69, 9.17) is 15.7 Å². The average molecular weight is 288 g/mol. The Labute approximate surface area is 124 Å². The van der Waals surface area contributed by atoms with E-state index < -0.39 is 0 Å². The number of likely N-dealkylation sites (tertiary alicyclic amines) is 1. The molecule has 1 amide bonds. The van der Waals surface area contributed by atoms with Gasteiger partial charge in [0.25, 0.3) is 5.91 Å². The van der Waals surface area contributed by atoms with E-state index in [-0.39, 0.29) is 12.0 Å². The standard InChI is InChI=1S/C15H20N4O2/c16-6-1-9-21-13-4-7-19(8-5-13)15(20)14-3-2-12(10-17)11-18-14/h2-3,11,13H,1,4-9,16H2. The Bertz CT molecular complexity index is 501. The average Bonchev–Trinajstić information content (AvgIpc) is 2.55. The maximum Gasteiger partial charge on any atom is 0.272 e. The smallest absolute Gasteiger partial charge is 0.272 e. The molecule has 2 heterocycles. The van der Waals surface area contributed by atoms with Crippen LogP contribution >= 0.6 is 0 Å². The summed E-state index contributed by atoms with van der Waals surface area (Å²) in [5, 5.41) is 8.73. The first-order valence-electron chi connectivity index (χ1n) is 7.21. The van der Waals surface area contributed by atoms with Crippen molar-refractivity contribution >= 4 is 5.91 Å². The maximum absolute atomic E-state index is 12.3. The van der Waals surface area contributed by atoms with Crippen LogP contribution in [-0.4, -0.2) is 48.1 Å². The number of amides is 1. The molecule has 0 spiro atoms. The Kier molecular flexibility index (Phi) is 5.67. The third kappa shape index (κ3) is 4.25. The Hall–Kier alpha value is -1.97. The quantitative estimate of drug-likeness (QED) is 0.813. The van der Waals surface area contributed by atoms with Gasteiger partial charge in [0.15, 0.2) is 0 Å². The van der Waals surface area contributed by atoms with E-state index in [9.17, 15) is 4.79 Å². The Balaban J connectivity index is 1.83. The minimum atomic E-state index is -0.0834. The molecule has 0 radical (unpaired) electrons. The Morgan fingerprint density at radius 3 is 2.81 bits per heavy atom. The lowest BCUT2D eigenvalue weighted by Gasteiger charge is -2.31. The molecule has 0 unspecified atom stereocenters. The van der Waals surface area contributed by atoms with Crippen LogP contribution in [0.25, 0.3) is 0 Å². The van der Waals surface area contributed by atoms with Crippen LogP contribution in [-0.2, 0) is 4.74 Å². The second-order valence-electron chi connectivity index (χ2n) is 5.05. The van der Waals surface area contributed by atoms with E-state index in [0.29, 0.717) is 37.5 Å². The van der Waals surface area contributed by atoms with Crippen LogP contribution in [0.3, 0.4) is 0 Å². The number of aromatic nitrogens is 1. The van der Waals surface area contributed by atoms with Crippen molar-refractivity contribution in [2.24, 2.45) is 5.73 Å². The minimum Gasteiger partial charge on any atom is -0.378 e. The molecular formula is C15H20N4O2. The molecule has 1 aliphatic rings. The van der Waals surface area contributed by atoms with Crippen LogP contribution in [0.4, 0.5) is 0 Å². The lowest BCUT2D eigenvalue weighted by Crippen LogP contribution is -2.41. The molecular weight excluding hydrogens is 268 g/mol. The van der Waals surface area contributed by atoms with Gasteiger partial charge < -0.3 is 15.4 Å². The molecule has 1 saturated heterocycles. The normalized spacial score (nSPS) is 15.7. The molecule has 0 saturated carbocycles. The van der Waals surface area contributed by atoms with Crippen molar-refractivity contribution in [1.29, 1.82) is 5.26 Å². The molecule has 0 bridgehead atoms. The summed E-state index contributed by atoms with van der Waals surface area (Å²) in [7, 11) is 0. The molecule has 1 aromatic rings. The highest BCUT2D eigenvalue weighted by molar-refractivity contribution is 5.92. The zero-order chi connectivity index (χ0) is 15.1. The van der Waals surface area contributed by atoms with Gasteiger partial charge in [0, 0.05) is 25.9 Å². The molecule has 6 nitrogen and oxygen atoms in total. The zero-order valence-corrected chi connectivity index (χ0v) is 12.0. The topological polar surface area (TPSA) is 92.2 Å². The summed E-state index contributed by atoms with van der Waals surface area (Å²) in [4.78, 5) is 18.1. The monoisotopic (exact) mass is 288 g/mol. The van der Waals surface area contributed by atoms with Gasteiger partial charge in [-0.05, 0) is 37.9 Å². The summed E-state index contributed by atoms with van der Waals surface area (Å²) in [5.41, 5.74) is 6.27. The Morgan fingerprint density at radius 1 is 1.48 bits per heavy atom. The van der Waals surface area contributed by atoms with E-state index in [1.165, 1.54) is 6.20 Å². The van der Waals surface area contributed by atoms with Crippen molar-refractivity contribution in [3.63, 3.8) is 0 Å². The number of hydrogen-bond donors (Lipinski definition) is 1. The summed E-state index contributed by atoms with van der Waals surface area (Å²) in [5.74, 6) is -0.0834. The van der Waals surface area contributed by atoms with Crippen LogP contribution in [0.15, 0.2) is 18.3 Å².